The van der Waals surface area contributed by atoms with E-state index in [2.05, 4.69) is 4.74 Å². The van der Waals surface area contributed by atoms with Gasteiger partial charge in [-0.25, -0.2) is 0 Å². The van der Waals surface area contributed by atoms with Gasteiger partial charge in [-0.2, -0.15) is 13.2 Å². The minimum Gasteiger partial charge on any atom is -0.469 e. The fraction of sp³-hybridized carbons (Fsp3) is 0.700. The van der Waals surface area contributed by atoms with E-state index in [4.69, 9.17) is 11.6 Å². The minimum absolute atomic E-state index is 0.502. The number of alkyl halides is 3. The molecule has 2 atom stereocenters. The van der Waals surface area contributed by atoms with Crippen LogP contribution in [-0.2, 0) is 9.53 Å². The Hall–Kier alpha value is -0.710. The SMILES string of the molecule is COC(=O)[C@H]1[C@H](/C=C(\Cl)C(F)(F)F)C1(C)C. The first kappa shape index (κ1) is 13.4. The minimum atomic E-state index is -4.55. The molecule has 2 nitrogen and oxygen atoms in total. The second-order valence-electron chi connectivity index (χ2n) is 4.36. The van der Waals surface area contributed by atoms with Gasteiger partial charge in [0.2, 0.25) is 0 Å². The number of carbonyl (C=O) groups excluding carboxylic acids is 1. The molecule has 0 N–H and O–H groups in total. The molecule has 0 aromatic heterocycles. The van der Waals surface area contributed by atoms with Crippen LogP contribution in [0.5, 0.6) is 0 Å². The van der Waals surface area contributed by atoms with E-state index in [1.807, 2.05) is 0 Å². The molecule has 1 rings (SSSR count). The molecule has 1 saturated carbocycles. The van der Waals surface area contributed by atoms with Crippen LogP contribution >= 0.6 is 11.6 Å². The van der Waals surface area contributed by atoms with Crippen molar-refractivity contribution in [2.45, 2.75) is 20.0 Å². The highest BCUT2D eigenvalue weighted by atomic mass is 35.5. The Bertz CT molecular complexity index is 333. The largest absolute Gasteiger partial charge is 0.469 e. The van der Waals surface area contributed by atoms with Gasteiger partial charge in [0.1, 0.15) is 5.03 Å². The van der Waals surface area contributed by atoms with Gasteiger partial charge in [0.25, 0.3) is 0 Å². The number of rotatable bonds is 2. The molecule has 0 heterocycles. The number of allylic oxidation sites excluding steroid dienone is 2. The molecular formula is C10H12ClF3O2. The maximum atomic E-state index is 12.2. The number of carbonyl (C=O) groups is 1. The van der Waals surface area contributed by atoms with Crippen LogP contribution in [0.25, 0.3) is 0 Å². The average Bonchev–Trinajstić information content (AvgIpc) is 2.65. The normalized spacial score (nSPS) is 28.8. The Labute approximate surface area is 96.4 Å². The summed E-state index contributed by atoms with van der Waals surface area (Å²) in [4.78, 5) is 11.3. The molecule has 0 saturated heterocycles. The zero-order valence-corrected chi connectivity index (χ0v) is 9.82. The van der Waals surface area contributed by atoms with Crippen molar-refractivity contribution in [2.24, 2.45) is 17.3 Å². The molecule has 0 amide bonds. The fourth-order valence-electron chi connectivity index (χ4n) is 1.82. The predicted octanol–water partition coefficient (Wildman–Crippen LogP) is 3.12. The molecule has 1 fully saturated rings. The van der Waals surface area contributed by atoms with Crippen molar-refractivity contribution < 1.29 is 22.7 Å². The van der Waals surface area contributed by atoms with E-state index in [1.165, 1.54) is 7.11 Å². The van der Waals surface area contributed by atoms with E-state index in [0.717, 1.165) is 6.08 Å². The maximum Gasteiger partial charge on any atom is 0.426 e. The third kappa shape index (κ3) is 2.34. The van der Waals surface area contributed by atoms with Crippen LogP contribution in [0.15, 0.2) is 11.1 Å². The van der Waals surface area contributed by atoms with Crippen LogP contribution in [0.1, 0.15) is 13.8 Å². The van der Waals surface area contributed by atoms with Crippen molar-refractivity contribution in [1.82, 2.24) is 0 Å². The Morgan fingerprint density at radius 1 is 1.44 bits per heavy atom. The zero-order valence-electron chi connectivity index (χ0n) is 9.06. The number of esters is 1. The van der Waals surface area contributed by atoms with Gasteiger partial charge >= 0.3 is 12.1 Å². The lowest BCUT2D eigenvalue weighted by atomic mass is 10.1. The molecule has 1 aliphatic carbocycles. The number of halogens is 4. The summed E-state index contributed by atoms with van der Waals surface area (Å²) in [6.07, 6.45) is -3.66. The summed E-state index contributed by atoms with van der Waals surface area (Å²) in [6, 6.07) is 0. The van der Waals surface area contributed by atoms with Gasteiger partial charge in [0.05, 0.1) is 13.0 Å². The maximum absolute atomic E-state index is 12.2. The highest BCUT2D eigenvalue weighted by Gasteiger charge is 2.62. The van der Waals surface area contributed by atoms with Crippen molar-refractivity contribution >= 4 is 17.6 Å². The molecule has 1 aliphatic rings. The lowest BCUT2D eigenvalue weighted by molar-refractivity contribution is -0.143. The number of ether oxygens (including phenoxy) is 1. The monoisotopic (exact) mass is 256 g/mol. The van der Waals surface area contributed by atoms with Gasteiger partial charge in [-0.05, 0) is 11.3 Å². The van der Waals surface area contributed by atoms with Gasteiger partial charge in [0, 0.05) is 0 Å². The molecule has 0 aliphatic heterocycles. The van der Waals surface area contributed by atoms with E-state index in [-0.39, 0.29) is 0 Å². The smallest absolute Gasteiger partial charge is 0.426 e. The van der Waals surface area contributed by atoms with Crippen molar-refractivity contribution in [1.29, 1.82) is 0 Å². The van der Waals surface area contributed by atoms with Crippen LogP contribution in [0, 0.1) is 17.3 Å². The standard InChI is InChI=1S/C10H12ClF3O2/c1-9(2)5(7(9)8(15)16-3)4-6(11)10(12,13)14/h4-5,7H,1-3H3/b6-4-/t5-,7+/m0/s1. The Balaban J connectivity index is 2.83. The highest BCUT2D eigenvalue weighted by molar-refractivity contribution is 6.30. The Morgan fingerprint density at radius 2 is 1.94 bits per heavy atom. The van der Waals surface area contributed by atoms with Crippen molar-refractivity contribution in [3.63, 3.8) is 0 Å². The molecular weight excluding hydrogens is 245 g/mol. The zero-order chi connectivity index (χ0) is 12.7. The van der Waals surface area contributed by atoms with Crippen LogP contribution in [0.2, 0.25) is 0 Å². The van der Waals surface area contributed by atoms with Gasteiger partial charge in [-0.1, -0.05) is 31.5 Å². The Morgan fingerprint density at radius 3 is 2.31 bits per heavy atom. The van der Waals surface area contributed by atoms with E-state index >= 15 is 0 Å². The summed E-state index contributed by atoms with van der Waals surface area (Å²) in [5.74, 6) is -1.57. The lowest BCUT2D eigenvalue weighted by Crippen LogP contribution is -2.08. The van der Waals surface area contributed by atoms with E-state index in [1.54, 1.807) is 13.8 Å². The predicted molar refractivity (Wildman–Crippen MR) is 52.8 cm³/mol. The van der Waals surface area contributed by atoms with Gasteiger partial charge in [-0.15, -0.1) is 0 Å². The van der Waals surface area contributed by atoms with Crippen LogP contribution in [0.3, 0.4) is 0 Å². The van der Waals surface area contributed by atoms with Crippen molar-refractivity contribution in [2.75, 3.05) is 7.11 Å². The molecule has 6 heteroatoms. The summed E-state index contributed by atoms with van der Waals surface area (Å²) in [6.45, 7) is 3.41. The Kier molecular flexibility index (Phi) is 3.29. The summed E-state index contributed by atoms with van der Waals surface area (Å²) in [5, 5.41) is -1.18. The van der Waals surface area contributed by atoms with E-state index in [0.29, 0.717) is 0 Å². The summed E-state index contributed by atoms with van der Waals surface area (Å²) in [5.41, 5.74) is -0.529. The van der Waals surface area contributed by atoms with Crippen LogP contribution in [-0.4, -0.2) is 19.3 Å². The second kappa shape index (κ2) is 3.95. The van der Waals surface area contributed by atoms with Crippen molar-refractivity contribution in [3.8, 4) is 0 Å². The molecule has 16 heavy (non-hydrogen) atoms. The molecule has 0 bridgehead atoms. The number of methoxy groups -OCH3 is 1. The average molecular weight is 257 g/mol. The first-order valence-electron chi connectivity index (χ1n) is 4.64. The number of hydrogen-bond acceptors (Lipinski definition) is 2. The molecule has 0 aromatic rings. The van der Waals surface area contributed by atoms with Gasteiger partial charge in [0.15, 0.2) is 0 Å². The topological polar surface area (TPSA) is 26.3 Å². The van der Waals surface area contributed by atoms with Gasteiger partial charge < -0.3 is 4.74 Å². The quantitative estimate of drug-likeness (QED) is 0.710. The molecule has 0 unspecified atom stereocenters. The highest BCUT2D eigenvalue weighted by Crippen LogP contribution is 2.60. The lowest BCUT2D eigenvalue weighted by Gasteiger charge is -2.04. The third-order valence-corrected chi connectivity index (χ3v) is 3.30. The van der Waals surface area contributed by atoms with Crippen LogP contribution < -0.4 is 0 Å². The van der Waals surface area contributed by atoms with Crippen LogP contribution in [0.4, 0.5) is 13.2 Å². The first-order valence-corrected chi connectivity index (χ1v) is 5.02. The fourth-order valence-corrected chi connectivity index (χ4v) is 1.95. The molecule has 92 valence electrons. The summed E-state index contributed by atoms with van der Waals surface area (Å²) >= 11 is 5.12. The van der Waals surface area contributed by atoms with Gasteiger partial charge in [-0.3, -0.25) is 4.79 Å². The van der Waals surface area contributed by atoms with Crippen molar-refractivity contribution in [3.05, 3.63) is 11.1 Å². The first-order chi connectivity index (χ1) is 7.12. The number of hydrogen-bond donors (Lipinski definition) is 0. The summed E-state index contributed by atoms with van der Waals surface area (Å²) in [7, 11) is 1.21. The van der Waals surface area contributed by atoms with E-state index < -0.39 is 34.4 Å². The third-order valence-electron chi connectivity index (χ3n) is 2.96. The molecule has 0 aromatic carbocycles. The summed E-state index contributed by atoms with van der Waals surface area (Å²) < 4.78 is 41.1. The molecule has 0 radical (unpaired) electrons. The second-order valence-corrected chi connectivity index (χ2v) is 4.77. The molecule has 0 spiro atoms. The van der Waals surface area contributed by atoms with E-state index in [9.17, 15) is 18.0 Å².